The Morgan fingerprint density at radius 3 is 2.83 bits per heavy atom. The number of ether oxygens (including phenoxy) is 1. The van der Waals surface area contributed by atoms with Gasteiger partial charge in [-0.1, -0.05) is 12.1 Å². The number of carbonyl (C=O) groups is 2. The Bertz CT molecular complexity index is 948. The van der Waals surface area contributed by atoms with Gasteiger partial charge in [0.25, 0.3) is 0 Å². The smallest absolute Gasteiger partial charge is 0.226 e. The fourth-order valence-electron chi connectivity index (χ4n) is 4.07. The van der Waals surface area contributed by atoms with Crippen LogP contribution >= 0.6 is 0 Å². The van der Waals surface area contributed by atoms with E-state index in [1.54, 1.807) is 4.68 Å². The van der Waals surface area contributed by atoms with Crippen LogP contribution in [0.1, 0.15) is 54.6 Å². The maximum Gasteiger partial charge on any atom is 0.226 e. The molecule has 1 atom stereocenters. The first-order valence-electron chi connectivity index (χ1n) is 10.7. The quantitative estimate of drug-likeness (QED) is 0.794. The van der Waals surface area contributed by atoms with E-state index in [-0.39, 0.29) is 23.8 Å². The van der Waals surface area contributed by atoms with Gasteiger partial charge in [-0.2, -0.15) is 5.10 Å². The first-order chi connectivity index (χ1) is 14.4. The zero-order chi connectivity index (χ0) is 21.3. The normalized spacial score (nSPS) is 17.0. The molecule has 0 saturated heterocycles. The van der Waals surface area contributed by atoms with Crippen molar-refractivity contribution in [3.8, 4) is 5.75 Å². The van der Waals surface area contributed by atoms with Gasteiger partial charge in [0, 0.05) is 43.3 Å². The molecule has 1 aliphatic heterocycles. The molecule has 30 heavy (non-hydrogen) atoms. The number of hydrogen-bond donors (Lipinski definition) is 1. The molecule has 1 aromatic heterocycles. The van der Waals surface area contributed by atoms with Crippen LogP contribution in [0.2, 0.25) is 0 Å². The van der Waals surface area contributed by atoms with Gasteiger partial charge in [0.1, 0.15) is 12.4 Å². The molecular formula is C23H30N4O3. The van der Waals surface area contributed by atoms with Gasteiger partial charge in [-0.3, -0.25) is 14.3 Å². The lowest BCUT2D eigenvalue weighted by atomic mass is 10.0. The Labute approximate surface area is 177 Å². The topological polar surface area (TPSA) is 76.5 Å². The van der Waals surface area contributed by atoms with E-state index in [0.717, 1.165) is 41.0 Å². The highest BCUT2D eigenvalue weighted by Crippen LogP contribution is 2.33. The summed E-state index contributed by atoms with van der Waals surface area (Å²) in [5.74, 6) is 1.32. The molecule has 1 fully saturated rings. The van der Waals surface area contributed by atoms with Crippen molar-refractivity contribution in [3.05, 3.63) is 46.8 Å². The third kappa shape index (κ3) is 4.66. The zero-order valence-corrected chi connectivity index (χ0v) is 18.0. The molecule has 1 saturated carbocycles. The van der Waals surface area contributed by atoms with Crippen molar-refractivity contribution in [1.82, 2.24) is 20.0 Å². The van der Waals surface area contributed by atoms with Gasteiger partial charge in [-0.25, -0.2) is 0 Å². The van der Waals surface area contributed by atoms with Gasteiger partial charge in [-0.15, -0.1) is 0 Å². The second-order valence-electron chi connectivity index (χ2n) is 8.46. The van der Waals surface area contributed by atoms with Crippen molar-refractivity contribution < 1.29 is 14.3 Å². The van der Waals surface area contributed by atoms with E-state index in [0.29, 0.717) is 32.5 Å². The van der Waals surface area contributed by atoms with Gasteiger partial charge in [-0.05, 0) is 44.7 Å². The lowest BCUT2D eigenvalue weighted by molar-refractivity contribution is -0.133. The monoisotopic (exact) mass is 410 g/mol. The first kappa shape index (κ1) is 20.4. The number of rotatable bonds is 6. The molecule has 2 amide bonds. The summed E-state index contributed by atoms with van der Waals surface area (Å²) in [5, 5.41) is 7.40. The molecule has 1 N–H and O–H groups in total. The van der Waals surface area contributed by atoms with Crippen LogP contribution in [0.25, 0.3) is 0 Å². The fraction of sp³-hybridized carbons (Fsp3) is 0.522. The molecule has 1 aliphatic carbocycles. The van der Waals surface area contributed by atoms with Crippen LogP contribution in [0, 0.1) is 12.8 Å². The van der Waals surface area contributed by atoms with E-state index >= 15 is 0 Å². The number of aryl methyl sites for hydroxylation is 3. The molecular weight excluding hydrogens is 380 g/mol. The third-order valence-corrected chi connectivity index (χ3v) is 5.88. The molecule has 0 spiro atoms. The Morgan fingerprint density at radius 1 is 1.33 bits per heavy atom. The third-order valence-electron chi connectivity index (χ3n) is 5.88. The molecule has 0 bridgehead atoms. The highest BCUT2D eigenvalue weighted by Gasteiger charge is 2.34. The van der Waals surface area contributed by atoms with E-state index in [2.05, 4.69) is 16.5 Å². The van der Waals surface area contributed by atoms with Crippen LogP contribution < -0.4 is 10.1 Å². The number of aromatic nitrogens is 2. The molecule has 7 nitrogen and oxygen atoms in total. The van der Waals surface area contributed by atoms with Crippen LogP contribution in [0.3, 0.4) is 0 Å². The van der Waals surface area contributed by atoms with Gasteiger partial charge in [0.15, 0.2) is 0 Å². The maximum atomic E-state index is 12.5. The van der Waals surface area contributed by atoms with Gasteiger partial charge >= 0.3 is 0 Å². The lowest BCUT2D eigenvalue weighted by Crippen LogP contribution is -2.33. The van der Waals surface area contributed by atoms with Crippen molar-refractivity contribution in [2.75, 3.05) is 13.2 Å². The average molecular weight is 411 g/mol. The van der Waals surface area contributed by atoms with E-state index in [1.807, 2.05) is 44.1 Å². The highest BCUT2D eigenvalue weighted by atomic mass is 16.5. The predicted molar refractivity (Wildman–Crippen MR) is 113 cm³/mol. The standard InChI is InChI=1S/C23H30N4O3/c1-15(20-14-26(3)25-16(20)2)24-22(28)9-5-17-4-8-21-19(12-17)13-27(10-11-30-21)23(29)18-6-7-18/h4,8,12,14-15,18H,5-7,9-11,13H2,1-3H3,(H,24,28). The number of nitrogens with zero attached hydrogens (tertiary/aromatic N) is 3. The summed E-state index contributed by atoms with van der Waals surface area (Å²) in [6, 6.07) is 5.98. The fourth-order valence-corrected chi connectivity index (χ4v) is 4.07. The lowest BCUT2D eigenvalue weighted by Gasteiger charge is -2.19. The molecule has 1 aromatic carbocycles. The average Bonchev–Trinajstić information content (AvgIpc) is 3.52. The number of hydrogen-bond acceptors (Lipinski definition) is 4. The molecule has 160 valence electrons. The summed E-state index contributed by atoms with van der Waals surface area (Å²) >= 11 is 0. The van der Waals surface area contributed by atoms with Crippen LogP contribution in [0.4, 0.5) is 0 Å². The molecule has 2 heterocycles. The molecule has 1 unspecified atom stereocenters. The largest absolute Gasteiger partial charge is 0.491 e. The van der Waals surface area contributed by atoms with Crippen molar-refractivity contribution in [3.63, 3.8) is 0 Å². The number of nitrogens with one attached hydrogen (secondary N) is 1. The molecule has 4 rings (SSSR count). The Morgan fingerprint density at radius 2 is 2.13 bits per heavy atom. The molecule has 2 aliphatic rings. The highest BCUT2D eigenvalue weighted by molar-refractivity contribution is 5.81. The molecule has 7 heteroatoms. The number of amides is 2. The van der Waals surface area contributed by atoms with E-state index in [1.165, 1.54) is 0 Å². The minimum atomic E-state index is -0.0753. The first-order valence-corrected chi connectivity index (χ1v) is 10.7. The van der Waals surface area contributed by atoms with E-state index in [9.17, 15) is 9.59 Å². The van der Waals surface area contributed by atoms with Crippen molar-refractivity contribution in [2.45, 2.75) is 52.1 Å². The van der Waals surface area contributed by atoms with Gasteiger partial charge in [0.05, 0.1) is 18.3 Å². The summed E-state index contributed by atoms with van der Waals surface area (Å²) in [6.45, 7) is 5.67. The second-order valence-corrected chi connectivity index (χ2v) is 8.46. The van der Waals surface area contributed by atoms with Gasteiger partial charge < -0.3 is 15.0 Å². The van der Waals surface area contributed by atoms with Crippen molar-refractivity contribution in [1.29, 1.82) is 0 Å². The molecule has 0 radical (unpaired) electrons. The van der Waals surface area contributed by atoms with Gasteiger partial charge in [0.2, 0.25) is 11.8 Å². The van der Waals surface area contributed by atoms with E-state index in [4.69, 9.17) is 4.74 Å². The van der Waals surface area contributed by atoms with Crippen molar-refractivity contribution in [2.24, 2.45) is 13.0 Å². The number of carbonyl (C=O) groups excluding carboxylic acids is 2. The van der Waals surface area contributed by atoms with E-state index < -0.39 is 0 Å². The van der Waals surface area contributed by atoms with Crippen LogP contribution in [-0.2, 0) is 29.6 Å². The molecule has 2 aromatic rings. The Balaban J connectivity index is 1.35. The zero-order valence-electron chi connectivity index (χ0n) is 18.0. The number of benzene rings is 1. The summed E-state index contributed by atoms with van der Waals surface area (Å²) in [4.78, 5) is 26.9. The Hall–Kier alpha value is -2.83. The minimum Gasteiger partial charge on any atom is -0.491 e. The SMILES string of the molecule is Cc1nn(C)cc1C(C)NC(=O)CCc1ccc2c(c1)CN(C(=O)C1CC1)CCO2. The summed E-state index contributed by atoms with van der Waals surface area (Å²) in [5.41, 5.74) is 4.08. The summed E-state index contributed by atoms with van der Waals surface area (Å²) in [7, 11) is 1.88. The summed E-state index contributed by atoms with van der Waals surface area (Å²) < 4.78 is 7.61. The second kappa shape index (κ2) is 8.50. The maximum absolute atomic E-state index is 12.5. The van der Waals surface area contributed by atoms with Crippen LogP contribution in [-0.4, -0.2) is 39.6 Å². The Kier molecular flexibility index (Phi) is 5.79. The summed E-state index contributed by atoms with van der Waals surface area (Å²) in [6.07, 6.45) is 5.02. The van der Waals surface area contributed by atoms with Crippen molar-refractivity contribution >= 4 is 11.8 Å². The predicted octanol–water partition coefficient (Wildman–Crippen LogP) is 2.67. The number of fused-ring (bicyclic) bond motifs is 1. The minimum absolute atomic E-state index is 0.0162. The van der Waals surface area contributed by atoms with Crippen LogP contribution in [0.5, 0.6) is 5.75 Å². The van der Waals surface area contributed by atoms with Crippen LogP contribution in [0.15, 0.2) is 24.4 Å².